The number of nitrogens with two attached hydrogens (primary N) is 1. The molecule has 1 aromatic carbocycles. The highest BCUT2D eigenvalue weighted by molar-refractivity contribution is 5.99. The third-order valence-corrected chi connectivity index (χ3v) is 3.35. The Balaban J connectivity index is 2.26. The first-order valence-corrected chi connectivity index (χ1v) is 5.90. The van der Waals surface area contributed by atoms with Gasteiger partial charge in [-0.15, -0.1) is 0 Å². The maximum absolute atomic E-state index is 12.3. The molecule has 0 radical (unpaired) electrons. The summed E-state index contributed by atoms with van der Waals surface area (Å²) in [6, 6.07) is 5.56. The minimum atomic E-state index is -1.49. The van der Waals surface area contributed by atoms with Crippen molar-refractivity contribution in [2.45, 2.75) is 12.0 Å². The van der Waals surface area contributed by atoms with Crippen molar-refractivity contribution in [3.63, 3.8) is 0 Å². The minimum Gasteiger partial charge on any atom is -0.480 e. The highest BCUT2D eigenvalue weighted by atomic mass is 16.6. The third kappa shape index (κ3) is 2.32. The summed E-state index contributed by atoms with van der Waals surface area (Å²) >= 11 is 0. The molecule has 1 aliphatic heterocycles. The van der Waals surface area contributed by atoms with Gasteiger partial charge in [-0.2, -0.15) is 0 Å². The van der Waals surface area contributed by atoms with Crippen molar-refractivity contribution in [1.29, 1.82) is 0 Å². The van der Waals surface area contributed by atoms with E-state index in [1.807, 2.05) is 0 Å². The van der Waals surface area contributed by atoms with E-state index in [4.69, 9.17) is 10.8 Å². The fourth-order valence-electron chi connectivity index (χ4n) is 2.17. The van der Waals surface area contributed by atoms with Gasteiger partial charge in [0.1, 0.15) is 11.1 Å². The van der Waals surface area contributed by atoms with Gasteiger partial charge in [-0.3, -0.25) is 19.7 Å². The first-order chi connectivity index (χ1) is 9.35. The molecule has 1 unspecified atom stereocenters. The first kappa shape index (κ1) is 13.9. The summed E-state index contributed by atoms with van der Waals surface area (Å²) in [5, 5.41) is 19.9. The number of para-hydroxylation sites is 1. The van der Waals surface area contributed by atoms with Gasteiger partial charge in [0, 0.05) is 19.2 Å². The normalized spacial score (nSPS) is 21.8. The average molecular weight is 279 g/mol. The van der Waals surface area contributed by atoms with E-state index >= 15 is 0 Å². The molecule has 1 saturated heterocycles. The van der Waals surface area contributed by atoms with Gasteiger partial charge in [0.25, 0.3) is 11.6 Å². The molecule has 1 aromatic rings. The zero-order valence-electron chi connectivity index (χ0n) is 10.5. The number of amides is 1. The van der Waals surface area contributed by atoms with Crippen LogP contribution in [0.15, 0.2) is 24.3 Å². The summed E-state index contributed by atoms with van der Waals surface area (Å²) < 4.78 is 0. The van der Waals surface area contributed by atoms with Crippen LogP contribution in [0.2, 0.25) is 0 Å². The predicted molar refractivity (Wildman–Crippen MR) is 68.2 cm³/mol. The van der Waals surface area contributed by atoms with E-state index in [0.29, 0.717) is 0 Å². The number of nitro benzene ring substituents is 1. The molecule has 2 rings (SSSR count). The Bertz CT molecular complexity index is 588. The lowest BCUT2D eigenvalue weighted by molar-refractivity contribution is -0.385. The lowest BCUT2D eigenvalue weighted by Crippen LogP contribution is -2.50. The molecular weight excluding hydrogens is 266 g/mol. The van der Waals surface area contributed by atoms with Crippen LogP contribution in [0.1, 0.15) is 16.8 Å². The molecule has 0 aliphatic carbocycles. The lowest BCUT2D eigenvalue weighted by atomic mass is 10.0. The maximum atomic E-state index is 12.3. The molecule has 1 aliphatic rings. The summed E-state index contributed by atoms with van der Waals surface area (Å²) in [5.41, 5.74) is 3.83. The van der Waals surface area contributed by atoms with Crippen LogP contribution in [-0.4, -0.2) is 45.4 Å². The number of likely N-dealkylation sites (tertiary alicyclic amines) is 1. The van der Waals surface area contributed by atoms with Crippen molar-refractivity contribution < 1.29 is 19.6 Å². The van der Waals surface area contributed by atoms with Crippen LogP contribution in [0, 0.1) is 10.1 Å². The molecule has 0 bridgehead atoms. The van der Waals surface area contributed by atoms with Gasteiger partial charge in [0.2, 0.25) is 0 Å². The van der Waals surface area contributed by atoms with Crippen LogP contribution in [0.4, 0.5) is 5.69 Å². The largest absolute Gasteiger partial charge is 0.480 e. The lowest BCUT2D eigenvalue weighted by Gasteiger charge is -2.20. The maximum Gasteiger partial charge on any atom is 0.325 e. The fraction of sp³-hybridized carbons (Fsp3) is 0.333. The number of carboxylic acid groups (broad SMARTS) is 1. The number of carbonyl (C=O) groups is 2. The second kappa shape index (κ2) is 4.89. The van der Waals surface area contributed by atoms with Crippen LogP contribution in [0.25, 0.3) is 0 Å². The third-order valence-electron chi connectivity index (χ3n) is 3.35. The highest BCUT2D eigenvalue weighted by Crippen LogP contribution is 2.25. The number of hydrogen-bond acceptors (Lipinski definition) is 5. The summed E-state index contributed by atoms with van der Waals surface area (Å²) in [4.78, 5) is 34.8. The second-order valence-electron chi connectivity index (χ2n) is 4.71. The predicted octanol–water partition coefficient (Wildman–Crippen LogP) is 0.223. The Morgan fingerprint density at radius 1 is 1.40 bits per heavy atom. The summed E-state index contributed by atoms with van der Waals surface area (Å²) in [6.07, 6.45) is 0.120. The summed E-state index contributed by atoms with van der Waals surface area (Å²) in [7, 11) is 0. The monoisotopic (exact) mass is 279 g/mol. The SMILES string of the molecule is NC1(C(=O)O)CCN(C(=O)c2ccccc2[N+](=O)[O-])C1. The molecule has 1 amide bonds. The first-order valence-electron chi connectivity index (χ1n) is 5.90. The number of carbonyl (C=O) groups excluding carboxylic acids is 1. The molecule has 1 atom stereocenters. The highest BCUT2D eigenvalue weighted by Gasteiger charge is 2.43. The van der Waals surface area contributed by atoms with E-state index in [0.717, 1.165) is 0 Å². The van der Waals surface area contributed by atoms with Crippen LogP contribution in [0.5, 0.6) is 0 Å². The van der Waals surface area contributed by atoms with E-state index in [-0.39, 0.29) is 30.8 Å². The molecule has 8 heteroatoms. The van der Waals surface area contributed by atoms with Crippen molar-refractivity contribution in [1.82, 2.24) is 4.90 Å². The molecule has 0 aromatic heterocycles. The molecule has 3 N–H and O–H groups in total. The van der Waals surface area contributed by atoms with E-state index in [2.05, 4.69) is 0 Å². The van der Waals surface area contributed by atoms with Gasteiger partial charge in [0.05, 0.1) is 4.92 Å². The van der Waals surface area contributed by atoms with Crippen LogP contribution >= 0.6 is 0 Å². The van der Waals surface area contributed by atoms with Gasteiger partial charge in [-0.1, -0.05) is 12.1 Å². The number of nitrogens with zero attached hydrogens (tertiary/aromatic N) is 2. The van der Waals surface area contributed by atoms with Gasteiger partial charge < -0.3 is 15.7 Å². The van der Waals surface area contributed by atoms with Gasteiger partial charge in [-0.05, 0) is 12.5 Å². The second-order valence-corrected chi connectivity index (χ2v) is 4.71. The Labute approximate surface area is 113 Å². The molecule has 0 spiro atoms. The van der Waals surface area contributed by atoms with Crippen LogP contribution in [-0.2, 0) is 4.79 Å². The van der Waals surface area contributed by atoms with Crippen LogP contribution < -0.4 is 5.73 Å². The molecule has 8 nitrogen and oxygen atoms in total. The molecule has 106 valence electrons. The van der Waals surface area contributed by atoms with E-state index in [1.54, 1.807) is 0 Å². The topological polar surface area (TPSA) is 127 Å². The number of benzene rings is 1. The Kier molecular flexibility index (Phi) is 3.41. The Morgan fingerprint density at radius 2 is 2.05 bits per heavy atom. The minimum absolute atomic E-state index is 0.0628. The van der Waals surface area contributed by atoms with E-state index in [1.165, 1.54) is 29.2 Å². The van der Waals surface area contributed by atoms with Gasteiger partial charge in [-0.25, -0.2) is 0 Å². The smallest absolute Gasteiger partial charge is 0.325 e. The summed E-state index contributed by atoms with van der Waals surface area (Å²) in [5.74, 6) is -1.76. The Hall–Kier alpha value is -2.48. The van der Waals surface area contributed by atoms with Gasteiger partial charge in [0.15, 0.2) is 0 Å². The number of carboxylic acids is 1. The molecule has 0 saturated carbocycles. The molecule has 20 heavy (non-hydrogen) atoms. The van der Waals surface area contributed by atoms with Crippen molar-refractivity contribution in [2.24, 2.45) is 5.73 Å². The Morgan fingerprint density at radius 3 is 2.60 bits per heavy atom. The van der Waals surface area contributed by atoms with Crippen LogP contribution in [0.3, 0.4) is 0 Å². The zero-order chi connectivity index (χ0) is 14.9. The number of rotatable bonds is 3. The number of aliphatic carboxylic acids is 1. The van der Waals surface area contributed by atoms with Gasteiger partial charge >= 0.3 is 5.97 Å². The fourth-order valence-corrected chi connectivity index (χ4v) is 2.17. The quantitative estimate of drug-likeness (QED) is 0.602. The number of hydrogen-bond donors (Lipinski definition) is 2. The van der Waals surface area contributed by atoms with Crippen molar-refractivity contribution >= 4 is 17.6 Å². The van der Waals surface area contributed by atoms with Crippen molar-refractivity contribution in [2.75, 3.05) is 13.1 Å². The number of nitro groups is 1. The summed E-state index contributed by atoms with van der Waals surface area (Å²) in [6.45, 7) is 0.000890. The van der Waals surface area contributed by atoms with Crippen molar-refractivity contribution in [3.05, 3.63) is 39.9 Å². The van der Waals surface area contributed by atoms with E-state index in [9.17, 15) is 19.7 Å². The average Bonchev–Trinajstić information content (AvgIpc) is 2.82. The van der Waals surface area contributed by atoms with Crippen molar-refractivity contribution in [3.8, 4) is 0 Å². The van der Waals surface area contributed by atoms with E-state index < -0.39 is 22.3 Å². The molecular formula is C12H13N3O5. The zero-order valence-corrected chi connectivity index (χ0v) is 10.5. The standard InChI is InChI=1S/C12H13N3O5/c13-12(11(17)18)5-6-14(7-12)10(16)8-3-1-2-4-9(8)15(19)20/h1-4H,5-7,13H2,(H,17,18). The molecule has 1 heterocycles. The molecule has 1 fully saturated rings.